The number of anilines is 1. The van der Waals surface area contributed by atoms with Gasteiger partial charge < -0.3 is 10.6 Å². The minimum absolute atomic E-state index is 0.210. The highest BCUT2D eigenvalue weighted by atomic mass is 16.1. The van der Waals surface area contributed by atoms with E-state index in [-0.39, 0.29) is 5.91 Å². The lowest BCUT2D eigenvalue weighted by Gasteiger charge is -2.13. The van der Waals surface area contributed by atoms with Crippen molar-refractivity contribution in [1.82, 2.24) is 15.5 Å². The van der Waals surface area contributed by atoms with Gasteiger partial charge in [0.1, 0.15) is 5.82 Å². The lowest BCUT2D eigenvalue weighted by Crippen LogP contribution is -2.24. The molecule has 2 aromatic rings. The first-order valence-electron chi connectivity index (χ1n) is 9.30. The Morgan fingerprint density at radius 3 is 2.81 bits per heavy atom. The molecule has 0 aliphatic heterocycles. The van der Waals surface area contributed by atoms with Crippen molar-refractivity contribution in [2.75, 3.05) is 11.9 Å². The van der Waals surface area contributed by atoms with Gasteiger partial charge in [-0.25, -0.2) is 0 Å². The molecule has 0 fully saturated rings. The topological polar surface area (TPSA) is 66.9 Å². The van der Waals surface area contributed by atoms with Crippen LogP contribution in [-0.2, 0) is 6.54 Å². The van der Waals surface area contributed by atoms with E-state index in [9.17, 15) is 4.79 Å². The van der Waals surface area contributed by atoms with Crippen molar-refractivity contribution in [1.29, 1.82) is 0 Å². The van der Waals surface area contributed by atoms with E-state index in [1.165, 1.54) is 36.8 Å². The molecule has 1 aromatic carbocycles. The van der Waals surface area contributed by atoms with Crippen LogP contribution in [0.1, 0.15) is 53.7 Å². The second kappa shape index (κ2) is 9.13. The van der Waals surface area contributed by atoms with E-state index in [0.717, 1.165) is 18.5 Å². The van der Waals surface area contributed by atoms with Gasteiger partial charge in [0, 0.05) is 13.1 Å². The summed E-state index contributed by atoms with van der Waals surface area (Å²) >= 11 is 0. The summed E-state index contributed by atoms with van der Waals surface area (Å²) in [6.07, 6.45) is 8.45. The summed E-state index contributed by atoms with van der Waals surface area (Å²) in [5.41, 5.74) is 4.11. The zero-order valence-electron chi connectivity index (χ0n) is 15.3. The lowest BCUT2D eigenvalue weighted by atomic mass is 9.97. The van der Waals surface area contributed by atoms with Gasteiger partial charge in [-0.2, -0.15) is 0 Å². The molecular formula is C21H26N4O. The Morgan fingerprint density at radius 2 is 2.08 bits per heavy atom. The van der Waals surface area contributed by atoms with Crippen LogP contribution < -0.4 is 10.6 Å². The van der Waals surface area contributed by atoms with Crippen LogP contribution in [0.15, 0.2) is 48.0 Å². The average molecular weight is 350 g/mol. The SMILES string of the molecule is Cc1cccc(CNC(=O)c2ccc(NCCC3=CCCCC3)nn2)c1. The van der Waals surface area contributed by atoms with Gasteiger partial charge in [0.05, 0.1) is 0 Å². The molecule has 1 aliphatic rings. The van der Waals surface area contributed by atoms with Crippen LogP contribution >= 0.6 is 0 Å². The van der Waals surface area contributed by atoms with Crippen molar-refractivity contribution < 1.29 is 4.79 Å². The third-order valence-corrected chi connectivity index (χ3v) is 4.57. The lowest BCUT2D eigenvalue weighted by molar-refractivity contribution is 0.0945. The van der Waals surface area contributed by atoms with Crippen molar-refractivity contribution in [3.63, 3.8) is 0 Å². The monoisotopic (exact) mass is 350 g/mol. The fourth-order valence-electron chi connectivity index (χ4n) is 3.13. The summed E-state index contributed by atoms with van der Waals surface area (Å²) in [5.74, 6) is 0.495. The molecule has 5 heteroatoms. The van der Waals surface area contributed by atoms with Crippen molar-refractivity contribution in [3.05, 3.63) is 64.9 Å². The van der Waals surface area contributed by atoms with Gasteiger partial charge in [0.25, 0.3) is 5.91 Å². The molecule has 0 spiro atoms. The third kappa shape index (κ3) is 5.41. The number of carbonyl (C=O) groups is 1. The van der Waals surface area contributed by atoms with Crippen molar-refractivity contribution in [3.8, 4) is 0 Å². The molecule has 26 heavy (non-hydrogen) atoms. The number of nitrogens with one attached hydrogen (secondary N) is 2. The molecule has 0 radical (unpaired) electrons. The molecule has 3 rings (SSSR count). The molecule has 0 bridgehead atoms. The molecule has 0 saturated carbocycles. The summed E-state index contributed by atoms with van der Waals surface area (Å²) in [5, 5.41) is 14.3. The molecule has 1 heterocycles. The quantitative estimate of drug-likeness (QED) is 0.740. The van der Waals surface area contributed by atoms with Crippen LogP contribution in [0, 0.1) is 6.92 Å². The average Bonchev–Trinajstić information content (AvgIpc) is 2.68. The number of benzene rings is 1. The number of aryl methyl sites for hydroxylation is 1. The molecule has 2 N–H and O–H groups in total. The minimum Gasteiger partial charge on any atom is -0.368 e. The first-order valence-corrected chi connectivity index (χ1v) is 9.30. The number of hydrogen-bond donors (Lipinski definition) is 2. The maximum Gasteiger partial charge on any atom is 0.272 e. The minimum atomic E-state index is -0.210. The summed E-state index contributed by atoms with van der Waals surface area (Å²) < 4.78 is 0. The number of allylic oxidation sites excluding steroid dienone is 1. The van der Waals surface area contributed by atoms with Crippen LogP contribution in [0.25, 0.3) is 0 Å². The Hall–Kier alpha value is -2.69. The summed E-state index contributed by atoms with van der Waals surface area (Å²) in [4.78, 5) is 12.2. The zero-order chi connectivity index (χ0) is 18.2. The number of rotatable bonds is 7. The van der Waals surface area contributed by atoms with Gasteiger partial charge in [0.15, 0.2) is 5.69 Å². The van der Waals surface area contributed by atoms with E-state index in [1.54, 1.807) is 6.07 Å². The predicted molar refractivity (Wildman–Crippen MR) is 104 cm³/mol. The second-order valence-corrected chi connectivity index (χ2v) is 6.76. The maximum atomic E-state index is 12.2. The summed E-state index contributed by atoms with van der Waals surface area (Å²) in [6.45, 7) is 3.37. The highest BCUT2D eigenvalue weighted by molar-refractivity contribution is 5.92. The molecule has 1 aliphatic carbocycles. The fourth-order valence-corrected chi connectivity index (χ4v) is 3.13. The molecular weight excluding hydrogens is 324 g/mol. The van der Waals surface area contributed by atoms with Crippen LogP contribution in [0.4, 0.5) is 5.82 Å². The van der Waals surface area contributed by atoms with E-state index < -0.39 is 0 Å². The summed E-state index contributed by atoms with van der Waals surface area (Å²) in [7, 11) is 0. The largest absolute Gasteiger partial charge is 0.368 e. The van der Waals surface area contributed by atoms with E-state index in [0.29, 0.717) is 18.1 Å². The first kappa shape index (κ1) is 18.1. The molecule has 136 valence electrons. The van der Waals surface area contributed by atoms with Gasteiger partial charge in [-0.05, 0) is 56.7 Å². The van der Waals surface area contributed by atoms with E-state index in [4.69, 9.17) is 0 Å². The molecule has 0 atom stereocenters. The van der Waals surface area contributed by atoms with E-state index >= 15 is 0 Å². The highest BCUT2D eigenvalue weighted by Crippen LogP contribution is 2.19. The Labute approximate surface area is 154 Å². The Morgan fingerprint density at radius 1 is 1.15 bits per heavy atom. The summed E-state index contributed by atoms with van der Waals surface area (Å²) in [6, 6.07) is 11.6. The van der Waals surface area contributed by atoms with Gasteiger partial charge in [-0.15, -0.1) is 10.2 Å². The molecule has 0 unspecified atom stereocenters. The van der Waals surface area contributed by atoms with Crippen LogP contribution in [-0.4, -0.2) is 22.6 Å². The number of amides is 1. The number of nitrogens with zero attached hydrogens (tertiary/aromatic N) is 2. The standard InChI is InChI=1S/C21H26N4O/c1-16-6-5-9-18(14-16)15-23-21(26)19-10-11-20(25-24-19)22-13-12-17-7-3-2-4-8-17/h5-7,9-11,14H,2-4,8,12-13,15H2,1H3,(H,22,25)(H,23,26). The van der Waals surface area contributed by atoms with E-state index in [1.807, 2.05) is 31.2 Å². The van der Waals surface area contributed by atoms with Crippen molar-refractivity contribution in [2.45, 2.75) is 45.6 Å². The highest BCUT2D eigenvalue weighted by Gasteiger charge is 2.08. The van der Waals surface area contributed by atoms with Gasteiger partial charge in [0.2, 0.25) is 0 Å². The molecule has 5 nitrogen and oxygen atoms in total. The molecule has 1 amide bonds. The van der Waals surface area contributed by atoms with Crippen LogP contribution in [0.2, 0.25) is 0 Å². The second-order valence-electron chi connectivity index (χ2n) is 6.76. The number of hydrogen-bond acceptors (Lipinski definition) is 4. The van der Waals surface area contributed by atoms with Gasteiger partial charge in [-0.3, -0.25) is 4.79 Å². The van der Waals surface area contributed by atoms with Crippen LogP contribution in [0.5, 0.6) is 0 Å². The van der Waals surface area contributed by atoms with Crippen molar-refractivity contribution >= 4 is 11.7 Å². The molecule has 1 aromatic heterocycles. The molecule has 0 saturated heterocycles. The zero-order valence-corrected chi connectivity index (χ0v) is 15.3. The smallest absolute Gasteiger partial charge is 0.272 e. The van der Waals surface area contributed by atoms with E-state index in [2.05, 4.69) is 33.0 Å². The Balaban J connectivity index is 1.45. The Bertz CT molecular complexity index is 768. The van der Waals surface area contributed by atoms with Crippen LogP contribution in [0.3, 0.4) is 0 Å². The predicted octanol–water partition coefficient (Wildman–Crippen LogP) is 4.02. The fraction of sp³-hybridized carbons (Fsp3) is 0.381. The van der Waals surface area contributed by atoms with Crippen molar-refractivity contribution in [2.24, 2.45) is 0 Å². The van der Waals surface area contributed by atoms with Gasteiger partial charge >= 0.3 is 0 Å². The normalized spacial score (nSPS) is 13.8. The number of aromatic nitrogens is 2. The maximum absolute atomic E-state index is 12.2. The first-order chi connectivity index (χ1) is 12.7. The van der Waals surface area contributed by atoms with Gasteiger partial charge in [-0.1, -0.05) is 41.5 Å². The third-order valence-electron chi connectivity index (χ3n) is 4.57. The number of carbonyl (C=O) groups excluding carboxylic acids is 1. The Kier molecular flexibility index (Phi) is 6.36.